The lowest BCUT2D eigenvalue weighted by molar-refractivity contribution is -0.114. The van der Waals surface area contributed by atoms with Gasteiger partial charge in [-0.2, -0.15) is 0 Å². The normalized spacial score (nSPS) is 16.8. The lowest BCUT2D eigenvalue weighted by Crippen LogP contribution is -2.36. The maximum absolute atomic E-state index is 13.1. The Balaban J connectivity index is 1.62. The van der Waals surface area contributed by atoms with Gasteiger partial charge in [0.1, 0.15) is 0 Å². The van der Waals surface area contributed by atoms with Crippen LogP contribution < -0.4 is 4.90 Å². The van der Waals surface area contributed by atoms with Crippen LogP contribution in [0.1, 0.15) is 30.9 Å². The largest absolute Gasteiger partial charge is 0.376 e. The molecule has 1 amide bonds. The predicted octanol–water partition coefficient (Wildman–Crippen LogP) is 5.08. The van der Waals surface area contributed by atoms with Crippen LogP contribution in [0.2, 0.25) is 0 Å². The van der Waals surface area contributed by atoms with Crippen LogP contribution in [0.4, 0.5) is 5.13 Å². The zero-order valence-electron chi connectivity index (χ0n) is 16.0. The van der Waals surface area contributed by atoms with E-state index < -0.39 is 0 Å². The fraction of sp³-hybridized carbons (Fsp3) is 0.304. The monoisotopic (exact) mass is 392 g/mol. The Morgan fingerprint density at radius 3 is 2.89 bits per heavy atom. The minimum absolute atomic E-state index is 0.0610. The van der Waals surface area contributed by atoms with E-state index in [1.165, 1.54) is 5.56 Å². The van der Waals surface area contributed by atoms with Crippen LogP contribution in [-0.2, 0) is 16.0 Å². The Kier molecular flexibility index (Phi) is 5.84. The van der Waals surface area contributed by atoms with E-state index in [9.17, 15) is 4.79 Å². The molecule has 0 saturated carbocycles. The lowest BCUT2D eigenvalue weighted by Gasteiger charge is -2.21. The molecule has 2 heterocycles. The topological polar surface area (TPSA) is 42.4 Å². The molecule has 4 nitrogen and oxygen atoms in total. The van der Waals surface area contributed by atoms with Gasteiger partial charge < -0.3 is 4.74 Å². The first-order chi connectivity index (χ1) is 13.7. The third-order valence-electron chi connectivity index (χ3n) is 4.97. The Morgan fingerprint density at radius 1 is 1.29 bits per heavy atom. The van der Waals surface area contributed by atoms with Gasteiger partial charge in [0.15, 0.2) is 5.13 Å². The highest BCUT2D eigenvalue weighted by molar-refractivity contribution is 7.22. The highest BCUT2D eigenvalue weighted by atomic mass is 32.1. The maximum Gasteiger partial charge on any atom is 0.252 e. The van der Waals surface area contributed by atoms with Crippen LogP contribution in [0.15, 0.2) is 54.6 Å². The number of anilines is 1. The molecule has 28 heavy (non-hydrogen) atoms. The third-order valence-corrected chi connectivity index (χ3v) is 6.02. The van der Waals surface area contributed by atoms with E-state index in [1.54, 1.807) is 22.3 Å². The average molecular weight is 393 g/mol. The van der Waals surface area contributed by atoms with E-state index in [1.807, 2.05) is 42.5 Å². The number of amides is 1. The molecule has 1 aliphatic rings. The van der Waals surface area contributed by atoms with E-state index in [-0.39, 0.29) is 12.0 Å². The molecule has 1 saturated heterocycles. The number of benzene rings is 2. The number of carbonyl (C=O) groups is 1. The van der Waals surface area contributed by atoms with Crippen molar-refractivity contribution in [2.24, 2.45) is 0 Å². The minimum atomic E-state index is -0.0610. The number of carbonyl (C=O) groups excluding carboxylic acids is 1. The standard InChI is InChI=1S/C23H24N2O2S/c1-2-17-10-12-20-21(15-17)28-23(24-20)25(16-19-9-6-14-27-19)22(26)13-11-18-7-4-3-5-8-18/h3-5,7-8,10-13,15,19H,2,6,9,14,16H2,1H3/b13-11+. The number of ether oxygens (including phenoxy) is 1. The molecule has 1 aromatic heterocycles. The maximum atomic E-state index is 13.1. The van der Waals surface area contributed by atoms with Gasteiger partial charge in [-0.3, -0.25) is 9.69 Å². The number of aryl methyl sites for hydroxylation is 1. The van der Waals surface area contributed by atoms with E-state index in [2.05, 4.69) is 19.1 Å². The number of hydrogen-bond donors (Lipinski definition) is 0. The third kappa shape index (κ3) is 4.32. The first kappa shape index (κ1) is 18.8. The molecule has 3 aromatic rings. The number of aromatic nitrogens is 1. The van der Waals surface area contributed by atoms with Crippen LogP contribution in [0.5, 0.6) is 0 Å². The van der Waals surface area contributed by atoms with Crippen LogP contribution in [0, 0.1) is 0 Å². The van der Waals surface area contributed by atoms with Crippen LogP contribution >= 0.6 is 11.3 Å². The van der Waals surface area contributed by atoms with Gasteiger partial charge in [0.05, 0.1) is 22.9 Å². The summed E-state index contributed by atoms with van der Waals surface area (Å²) in [7, 11) is 0. The van der Waals surface area contributed by atoms with Crippen molar-refractivity contribution in [3.63, 3.8) is 0 Å². The Hall–Kier alpha value is -2.50. The summed E-state index contributed by atoms with van der Waals surface area (Å²) < 4.78 is 6.90. The van der Waals surface area contributed by atoms with Gasteiger partial charge in [-0.15, -0.1) is 0 Å². The Morgan fingerprint density at radius 2 is 2.14 bits per heavy atom. The molecule has 1 fully saturated rings. The molecule has 1 aliphatic heterocycles. The summed E-state index contributed by atoms with van der Waals surface area (Å²) in [5.41, 5.74) is 3.22. The quantitative estimate of drug-likeness (QED) is 0.549. The highest BCUT2D eigenvalue weighted by Crippen LogP contribution is 2.31. The second kappa shape index (κ2) is 8.67. The predicted molar refractivity (Wildman–Crippen MR) is 116 cm³/mol. The van der Waals surface area contributed by atoms with E-state index in [0.717, 1.165) is 46.8 Å². The second-order valence-electron chi connectivity index (χ2n) is 6.98. The van der Waals surface area contributed by atoms with Crippen LogP contribution in [0.3, 0.4) is 0 Å². The molecular weight excluding hydrogens is 368 g/mol. The molecule has 144 valence electrons. The Bertz CT molecular complexity index is 975. The summed E-state index contributed by atoms with van der Waals surface area (Å²) >= 11 is 1.57. The molecule has 1 atom stereocenters. The van der Waals surface area contributed by atoms with E-state index in [4.69, 9.17) is 9.72 Å². The molecule has 5 heteroatoms. The van der Waals surface area contributed by atoms with Crippen molar-refractivity contribution < 1.29 is 9.53 Å². The molecule has 0 radical (unpaired) electrons. The molecule has 0 bridgehead atoms. The second-order valence-corrected chi connectivity index (χ2v) is 7.99. The van der Waals surface area contributed by atoms with Crippen LogP contribution in [0.25, 0.3) is 16.3 Å². The molecule has 0 aliphatic carbocycles. The molecule has 0 spiro atoms. The first-order valence-electron chi connectivity index (χ1n) is 9.78. The average Bonchev–Trinajstić information content (AvgIpc) is 3.39. The lowest BCUT2D eigenvalue weighted by atomic mass is 10.2. The smallest absolute Gasteiger partial charge is 0.252 e. The van der Waals surface area contributed by atoms with Crippen molar-refractivity contribution in [1.29, 1.82) is 0 Å². The number of rotatable bonds is 6. The summed E-state index contributed by atoms with van der Waals surface area (Å²) in [6.45, 7) is 3.45. The number of fused-ring (bicyclic) bond motifs is 1. The molecule has 2 aromatic carbocycles. The summed E-state index contributed by atoms with van der Waals surface area (Å²) in [6, 6.07) is 16.2. The summed E-state index contributed by atoms with van der Waals surface area (Å²) in [5.74, 6) is -0.0610. The van der Waals surface area contributed by atoms with Crippen molar-refractivity contribution in [3.05, 3.63) is 65.7 Å². The number of nitrogens with zero attached hydrogens (tertiary/aromatic N) is 2. The van der Waals surface area contributed by atoms with E-state index >= 15 is 0 Å². The molecule has 1 unspecified atom stereocenters. The van der Waals surface area contributed by atoms with E-state index in [0.29, 0.717) is 6.54 Å². The fourth-order valence-electron chi connectivity index (χ4n) is 3.37. The number of thiazole rings is 1. The van der Waals surface area contributed by atoms with Crippen molar-refractivity contribution >= 4 is 38.7 Å². The van der Waals surface area contributed by atoms with Gasteiger partial charge in [0.25, 0.3) is 5.91 Å². The highest BCUT2D eigenvalue weighted by Gasteiger charge is 2.25. The van der Waals surface area contributed by atoms with Gasteiger partial charge in [-0.1, -0.05) is 54.7 Å². The molecule has 4 rings (SSSR count). The van der Waals surface area contributed by atoms with Crippen molar-refractivity contribution in [2.45, 2.75) is 32.3 Å². The SMILES string of the molecule is CCc1ccc2nc(N(CC3CCCO3)C(=O)/C=C/c3ccccc3)sc2c1. The van der Waals surface area contributed by atoms with Crippen molar-refractivity contribution in [1.82, 2.24) is 4.98 Å². The molecular formula is C23H24N2O2S. The molecule has 0 N–H and O–H groups in total. The zero-order chi connectivity index (χ0) is 19.3. The van der Waals surface area contributed by atoms with Gasteiger partial charge in [0.2, 0.25) is 0 Å². The van der Waals surface area contributed by atoms with Crippen molar-refractivity contribution in [2.75, 3.05) is 18.1 Å². The zero-order valence-corrected chi connectivity index (χ0v) is 16.8. The first-order valence-corrected chi connectivity index (χ1v) is 10.6. The minimum Gasteiger partial charge on any atom is -0.376 e. The summed E-state index contributed by atoms with van der Waals surface area (Å²) in [4.78, 5) is 19.6. The number of hydrogen-bond acceptors (Lipinski definition) is 4. The van der Waals surface area contributed by atoms with Gasteiger partial charge in [-0.05, 0) is 48.6 Å². The Labute approximate surface area is 169 Å². The summed E-state index contributed by atoms with van der Waals surface area (Å²) in [5, 5.41) is 0.737. The van der Waals surface area contributed by atoms with Gasteiger partial charge in [-0.25, -0.2) is 4.98 Å². The fourth-order valence-corrected chi connectivity index (χ4v) is 4.41. The van der Waals surface area contributed by atoms with Gasteiger partial charge >= 0.3 is 0 Å². The summed E-state index contributed by atoms with van der Waals surface area (Å²) in [6.07, 6.45) is 6.58. The van der Waals surface area contributed by atoms with Crippen molar-refractivity contribution in [3.8, 4) is 0 Å². The van der Waals surface area contributed by atoms with Gasteiger partial charge in [0, 0.05) is 12.7 Å². The van der Waals surface area contributed by atoms with Crippen LogP contribution in [-0.4, -0.2) is 30.1 Å².